The molecule has 8 nitrogen and oxygen atoms in total. The number of nitrogens with one attached hydrogen (secondary N) is 1. The number of halogens is 2. The van der Waals surface area contributed by atoms with Gasteiger partial charge in [-0.05, 0) is 42.0 Å². The van der Waals surface area contributed by atoms with Crippen molar-refractivity contribution in [3.63, 3.8) is 0 Å². The van der Waals surface area contributed by atoms with Gasteiger partial charge >= 0.3 is 6.09 Å². The summed E-state index contributed by atoms with van der Waals surface area (Å²) in [6, 6.07) is 17.6. The molecule has 1 N–H and O–H groups in total. The van der Waals surface area contributed by atoms with Crippen molar-refractivity contribution in [3.05, 3.63) is 103 Å². The Morgan fingerprint density at radius 1 is 1.09 bits per heavy atom. The third kappa shape index (κ3) is 4.59. The summed E-state index contributed by atoms with van der Waals surface area (Å²) in [7, 11) is 1.59. The molecular weight excluding hydrogens is 481 g/mol. The first-order valence-electron chi connectivity index (χ1n) is 10.0. The molecule has 1 heterocycles. The number of nitrogens with zero attached hydrogens (tertiary/aromatic N) is 2. The molecule has 0 aliphatic carbocycles. The van der Waals surface area contributed by atoms with Crippen molar-refractivity contribution in [1.82, 2.24) is 4.57 Å². The SMILES string of the molecule is Cn1c(=O)c(NC(=O)OCc2ccc([N+](=O)[O-])cc2)c(-c2ccccc2Cl)c2cc(Cl)ccc21. The molecule has 0 spiro atoms. The number of aromatic nitrogens is 1. The summed E-state index contributed by atoms with van der Waals surface area (Å²) in [4.78, 5) is 36.2. The number of hydrogen-bond acceptors (Lipinski definition) is 5. The second kappa shape index (κ2) is 9.54. The fourth-order valence-corrected chi connectivity index (χ4v) is 3.98. The minimum absolute atomic E-state index is 0.0148. The maximum atomic E-state index is 13.2. The zero-order chi connectivity index (χ0) is 24.4. The van der Waals surface area contributed by atoms with Gasteiger partial charge in [-0.1, -0.05) is 41.4 Å². The van der Waals surface area contributed by atoms with E-state index in [0.29, 0.717) is 37.6 Å². The molecular formula is C24H17Cl2N3O5. The highest BCUT2D eigenvalue weighted by molar-refractivity contribution is 6.34. The number of nitro benzene ring substituents is 1. The maximum Gasteiger partial charge on any atom is 0.412 e. The van der Waals surface area contributed by atoms with Gasteiger partial charge in [0.1, 0.15) is 12.3 Å². The molecule has 0 radical (unpaired) electrons. The summed E-state index contributed by atoms with van der Waals surface area (Å²) >= 11 is 12.7. The second-order valence-electron chi connectivity index (χ2n) is 7.38. The predicted octanol–water partition coefficient (Wildman–Crippen LogP) is 6.17. The molecule has 0 aliphatic rings. The lowest BCUT2D eigenvalue weighted by Gasteiger charge is -2.17. The van der Waals surface area contributed by atoms with E-state index in [1.807, 2.05) is 0 Å². The van der Waals surface area contributed by atoms with Crippen LogP contribution in [0.1, 0.15) is 5.56 Å². The number of aryl methyl sites for hydroxylation is 1. The van der Waals surface area contributed by atoms with Crippen LogP contribution in [0.15, 0.2) is 71.5 Å². The average Bonchev–Trinajstić information content (AvgIpc) is 2.82. The van der Waals surface area contributed by atoms with E-state index in [4.69, 9.17) is 27.9 Å². The van der Waals surface area contributed by atoms with Crippen LogP contribution in [0, 0.1) is 10.1 Å². The average molecular weight is 498 g/mol. The molecule has 4 rings (SSSR count). The highest BCUT2D eigenvalue weighted by Crippen LogP contribution is 2.38. The van der Waals surface area contributed by atoms with E-state index < -0.39 is 16.6 Å². The van der Waals surface area contributed by atoms with Crippen LogP contribution in [0.2, 0.25) is 10.0 Å². The van der Waals surface area contributed by atoms with Crippen LogP contribution in [-0.2, 0) is 18.4 Å². The van der Waals surface area contributed by atoms with Gasteiger partial charge in [0.05, 0.1) is 10.4 Å². The van der Waals surface area contributed by atoms with E-state index in [-0.39, 0.29) is 18.0 Å². The van der Waals surface area contributed by atoms with Crippen molar-refractivity contribution in [2.75, 3.05) is 5.32 Å². The number of pyridine rings is 1. The Morgan fingerprint density at radius 2 is 1.79 bits per heavy atom. The van der Waals surface area contributed by atoms with Crippen molar-refractivity contribution >= 4 is 51.6 Å². The number of rotatable bonds is 5. The monoisotopic (exact) mass is 497 g/mol. The van der Waals surface area contributed by atoms with Gasteiger partial charge in [0, 0.05) is 45.7 Å². The molecule has 0 saturated carbocycles. The smallest absolute Gasteiger partial charge is 0.412 e. The van der Waals surface area contributed by atoms with E-state index in [1.54, 1.807) is 49.5 Å². The summed E-state index contributed by atoms with van der Waals surface area (Å²) in [5.74, 6) is 0. The molecule has 172 valence electrons. The largest absolute Gasteiger partial charge is 0.444 e. The zero-order valence-corrected chi connectivity index (χ0v) is 19.3. The molecule has 0 saturated heterocycles. The normalized spacial score (nSPS) is 10.8. The molecule has 3 aromatic carbocycles. The number of carbonyl (C=O) groups excluding carboxylic acids is 1. The van der Waals surface area contributed by atoms with E-state index in [2.05, 4.69) is 5.32 Å². The molecule has 34 heavy (non-hydrogen) atoms. The number of non-ortho nitro benzene ring substituents is 1. The number of fused-ring (bicyclic) bond motifs is 1. The van der Waals surface area contributed by atoms with Crippen LogP contribution in [0.3, 0.4) is 0 Å². The summed E-state index contributed by atoms with van der Waals surface area (Å²) in [5.41, 5.74) is 1.56. The Bertz CT molecular complexity index is 1480. The molecule has 0 fully saturated rings. The molecule has 0 aliphatic heterocycles. The van der Waals surface area contributed by atoms with E-state index in [1.165, 1.54) is 28.8 Å². The first-order chi connectivity index (χ1) is 16.3. The van der Waals surface area contributed by atoms with E-state index >= 15 is 0 Å². The van der Waals surface area contributed by atoms with Crippen molar-refractivity contribution in [1.29, 1.82) is 0 Å². The number of carbonyl (C=O) groups is 1. The van der Waals surface area contributed by atoms with Crippen LogP contribution in [0.5, 0.6) is 0 Å². The number of nitro groups is 1. The van der Waals surface area contributed by atoms with Gasteiger partial charge in [-0.2, -0.15) is 0 Å². The highest BCUT2D eigenvalue weighted by Gasteiger charge is 2.21. The van der Waals surface area contributed by atoms with Crippen molar-refractivity contribution in [2.45, 2.75) is 6.61 Å². The zero-order valence-electron chi connectivity index (χ0n) is 17.7. The van der Waals surface area contributed by atoms with Crippen LogP contribution in [0.4, 0.5) is 16.2 Å². The summed E-state index contributed by atoms with van der Waals surface area (Å²) in [6.45, 7) is -0.148. The van der Waals surface area contributed by atoms with Crippen LogP contribution in [-0.4, -0.2) is 15.6 Å². The van der Waals surface area contributed by atoms with Crippen molar-refractivity contribution in [3.8, 4) is 11.1 Å². The lowest BCUT2D eigenvalue weighted by Crippen LogP contribution is -2.26. The maximum absolute atomic E-state index is 13.2. The number of anilines is 1. The third-order valence-corrected chi connectivity index (χ3v) is 5.81. The Labute approximate surface area is 203 Å². The van der Waals surface area contributed by atoms with Gasteiger partial charge in [0.25, 0.3) is 11.2 Å². The van der Waals surface area contributed by atoms with Crippen LogP contribution >= 0.6 is 23.2 Å². The number of amides is 1. The second-order valence-corrected chi connectivity index (χ2v) is 8.22. The quantitative estimate of drug-likeness (QED) is 0.262. The van der Waals surface area contributed by atoms with E-state index in [0.717, 1.165) is 0 Å². The fraction of sp³-hybridized carbons (Fsp3) is 0.0833. The van der Waals surface area contributed by atoms with Crippen LogP contribution < -0.4 is 10.9 Å². The fourth-order valence-electron chi connectivity index (χ4n) is 3.58. The lowest BCUT2D eigenvalue weighted by molar-refractivity contribution is -0.384. The summed E-state index contributed by atoms with van der Waals surface area (Å²) in [6.07, 6.45) is -0.870. The lowest BCUT2D eigenvalue weighted by atomic mass is 9.99. The van der Waals surface area contributed by atoms with Gasteiger partial charge in [-0.15, -0.1) is 0 Å². The molecule has 1 aromatic heterocycles. The number of hydrogen-bond donors (Lipinski definition) is 1. The first kappa shape index (κ1) is 23.3. The Hall–Kier alpha value is -3.88. The van der Waals surface area contributed by atoms with Gasteiger partial charge in [-0.3, -0.25) is 20.2 Å². The minimum Gasteiger partial charge on any atom is -0.444 e. The Balaban J connectivity index is 1.73. The Morgan fingerprint density at radius 3 is 2.47 bits per heavy atom. The number of ether oxygens (including phenoxy) is 1. The standard InChI is InChI=1S/C24H17Cl2N3O5/c1-28-20-11-8-15(25)12-18(20)21(17-4-2-3-5-19(17)26)22(23(28)30)27-24(31)34-13-14-6-9-16(10-7-14)29(32)33/h2-12H,13H2,1H3,(H,27,31). The van der Waals surface area contributed by atoms with E-state index in [9.17, 15) is 19.7 Å². The molecule has 4 aromatic rings. The Kier molecular flexibility index (Phi) is 6.54. The van der Waals surface area contributed by atoms with Gasteiger partial charge in [0.2, 0.25) is 0 Å². The van der Waals surface area contributed by atoms with Gasteiger partial charge in [0.15, 0.2) is 0 Å². The number of benzene rings is 3. The third-order valence-electron chi connectivity index (χ3n) is 5.25. The first-order valence-corrected chi connectivity index (χ1v) is 10.8. The molecule has 10 heteroatoms. The van der Waals surface area contributed by atoms with Gasteiger partial charge in [-0.25, -0.2) is 4.79 Å². The molecule has 0 unspecified atom stereocenters. The molecule has 1 amide bonds. The minimum atomic E-state index is -0.870. The summed E-state index contributed by atoms with van der Waals surface area (Å²) < 4.78 is 6.66. The van der Waals surface area contributed by atoms with Crippen molar-refractivity contribution in [2.24, 2.45) is 7.05 Å². The highest BCUT2D eigenvalue weighted by atomic mass is 35.5. The molecule has 0 bridgehead atoms. The van der Waals surface area contributed by atoms with Crippen LogP contribution in [0.25, 0.3) is 22.0 Å². The molecule has 0 atom stereocenters. The van der Waals surface area contributed by atoms with Gasteiger partial charge < -0.3 is 9.30 Å². The topological polar surface area (TPSA) is 103 Å². The summed E-state index contributed by atoms with van der Waals surface area (Å²) in [5, 5.41) is 14.8. The predicted molar refractivity (Wildman–Crippen MR) is 132 cm³/mol. The van der Waals surface area contributed by atoms with Crippen molar-refractivity contribution < 1.29 is 14.5 Å².